The lowest BCUT2D eigenvalue weighted by Crippen LogP contribution is -1.86. The first kappa shape index (κ1) is 5.09. The molecule has 2 heteroatoms. The molecule has 0 aliphatic rings. The van der Waals surface area contributed by atoms with Crippen molar-refractivity contribution in [3.05, 3.63) is 24.0 Å². The highest BCUT2D eigenvalue weighted by Gasteiger charge is 1.83. The van der Waals surface area contributed by atoms with Gasteiger partial charge in [0.2, 0.25) is 0 Å². The van der Waals surface area contributed by atoms with Crippen molar-refractivity contribution in [1.29, 1.82) is 0 Å². The molecule has 0 aliphatic carbocycles. The number of rotatable bonds is 0. The van der Waals surface area contributed by atoms with Crippen LogP contribution in [0.5, 0.6) is 0 Å². The predicted octanol–water partition coefficient (Wildman–Crippen LogP) is 0.772. The van der Waals surface area contributed by atoms with Gasteiger partial charge in [0, 0.05) is 23.6 Å². The molecule has 1 radical (unpaired) electrons. The SMILES string of the molecule is Cc1cc(N)[c]cn1. The molecule has 0 fully saturated rings. The standard InChI is InChI=1S/C6H7N2/c1-5-4-6(7)2-3-8-5/h3-4H,1H3,(H2,7,8). The maximum atomic E-state index is 5.36. The number of aryl methyl sites for hydroxylation is 1. The molecule has 2 N–H and O–H groups in total. The molecular formula is C6H7N2. The molecule has 41 valence electrons. The molecule has 8 heavy (non-hydrogen) atoms. The van der Waals surface area contributed by atoms with Gasteiger partial charge in [-0.15, -0.1) is 0 Å². The normalized spacial score (nSPS) is 9.12. The van der Waals surface area contributed by atoms with Crippen molar-refractivity contribution in [3.8, 4) is 0 Å². The number of hydrogen-bond acceptors (Lipinski definition) is 2. The molecule has 0 spiro atoms. The Hall–Kier alpha value is -1.05. The first-order chi connectivity index (χ1) is 3.79. The van der Waals surface area contributed by atoms with E-state index in [1.165, 1.54) is 0 Å². The van der Waals surface area contributed by atoms with E-state index >= 15 is 0 Å². The Balaban J connectivity index is 3.08. The average molecular weight is 107 g/mol. The van der Waals surface area contributed by atoms with E-state index in [1.807, 2.05) is 6.92 Å². The van der Waals surface area contributed by atoms with Crippen LogP contribution in [0, 0.1) is 13.0 Å². The summed E-state index contributed by atoms with van der Waals surface area (Å²) in [6, 6.07) is 4.52. The maximum absolute atomic E-state index is 5.36. The third-order valence-corrected chi connectivity index (χ3v) is 0.864. The Morgan fingerprint density at radius 3 is 2.88 bits per heavy atom. The van der Waals surface area contributed by atoms with Crippen LogP contribution in [0.15, 0.2) is 12.3 Å². The van der Waals surface area contributed by atoms with Crippen molar-refractivity contribution >= 4 is 5.69 Å². The molecular weight excluding hydrogens is 100 g/mol. The van der Waals surface area contributed by atoms with Gasteiger partial charge in [0.15, 0.2) is 0 Å². The minimum atomic E-state index is 0.650. The van der Waals surface area contributed by atoms with E-state index in [-0.39, 0.29) is 0 Å². The van der Waals surface area contributed by atoms with Gasteiger partial charge in [0.05, 0.1) is 0 Å². The Bertz CT molecular complexity index is 166. The van der Waals surface area contributed by atoms with Crippen LogP contribution in [0.2, 0.25) is 0 Å². The summed E-state index contributed by atoms with van der Waals surface area (Å²) in [6.45, 7) is 1.89. The number of aromatic nitrogens is 1. The second-order valence-corrected chi connectivity index (χ2v) is 1.64. The topological polar surface area (TPSA) is 38.9 Å². The lowest BCUT2D eigenvalue weighted by atomic mass is 10.3. The summed E-state index contributed by atoms with van der Waals surface area (Å²) in [6.07, 6.45) is 1.57. The summed E-state index contributed by atoms with van der Waals surface area (Å²) >= 11 is 0. The maximum Gasteiger partial charge on any atom is 0.0428 e. The highest BCUT2D eigenvalue weighted by Crippen LogP contribution is 1.98. The molecule has 0 saturated carbocycles. The fourth-order valence-electron chi connectivity index (χ4n) is 0.513. The Morgan fingerprint density at radius 2 is 2.50 bits per heavy atom. The summed E-state index contributed by atoms with van der Waals surface area (Å²) in [5.41, 5.74) is 6.95. The fourth-order valence-corrected chi connectivity index (χ4v) is 0.513. The number of anilines is 1. The van der Waals surface area contributed by atoms with E-state index in [1.54, 1.807) is 12.3 Å². The van der Waals surface area contributed by atoms with E-state index < -0.39 is 0 Å². The lowest BCUT2D eigenvalue weighted by molar-refractivity contribution is 1.20. The summed E-state index contributed by atoms with van der Waals surface area (Å²) in [5.74, 6) is 0. The van der Waals surface area contributed by atoms with E-state index in [9.17, 15) is 0 Å². The number of nitrogens with two attached hydrogens (primary N) is 1. The number of hydrogen-bond donors (Lipinski definition) is 1. The molecule has 0 amide bonds. The Kier molecular flexibility index (Phi) is 1.16. The van der Waals surface area contributed by atoms with E-state index in [2.05, 4.69) is 11.1 Å². The zero-order valence-electron chi connectivity index (χ0n) is 4.68. The van der Waals surface area contributed by atoms with Gasteiger partial charge in [-0.2, -0.15) is 0 Å². The number of nitrogens with zero attached hydrogens (tertiary/aromatic N) is 1. The summed E-state index contributed by atoms with van der Waals surface area (Å²) < 4.78 is 0. The molecule has 0 aromatic carbocycles. The van der Waals surface area contributed by atoms with Gasteiger partial charge in [-0.25, -0.2) is 0 Å². The molecule has 2 nitrogen and oxygen atoms in total. The van der Waals surface area contributed by atoms with E-state index in [0.29, 0.717) is 5.69 Å². The van der Waals surface area contributed by atoms with Crippen molar-refractivity contribution in [2.24, 2.45) is 0 Å². The molecule has 0 unspecified atom stereocenters. The van der Waals surface area contributed by atoms with Gasteiger partial charge in [-0.05, 0) is 13.0 Å². The van der Waals surface area contributed by atoms with Crippen molar-refractivity contribution < 1.29 is 0 Å². The molecule has 0 atom stereocenters. The Morgan fingerprint density at radius 1 is 1.75 bits per heavy atom. The second-order valence-electron chi connectivity index (χ2n) is 1.64. The minimum Gasteiger partial charge on any atom is -0.398 e. The van der Waals surface area contributed by atoms with Gasteiger partial charge in [0.1, 0.15) is 0 Å². The highest BCUT2D eigenvalue weighted by molar-refractivity contribution is 5.35. The molecule has 0 bridgehead atoms. The quantitative estimate of drug-likeness (QED) is 0.532. The summed E-state index contributed by atoms with van der Waals surface area (Å²) in [5, 5.41) is 0. The van der Waals surface area contributed by atoms with Crippen LogP contribution in [0.4, 0.5) is 5.69 Å². The van der Waals surface area contributed by atoms with Crippen LogP contribution in [0.25, 0.3) is 0 Å². The van der Waals surface area contributed by atoms with Gasteiger partial charge in [0.25, 0.3) is 0 Å². The van der Waals surface area contributed by atoms with Crippen LogP contribution in [-0.2, 0) is 0 Å². The first-order valence-corrected chi connectivity index (χ1v) is 2.39. The molecule has 1 heterocycles. The van der Waals surface area contributed by atoms with Gasteiger partial charge >= 0.3 is 0 Å². The number of pyridine rings is 1. The largest absolute Gasteiger partial charge is 0.398 e. The van der Waals surface area contributed by atoms with Gasteiger partial charge < -0.3 is 5.73 Å². The second kappa shape index (κ2) is 1.82. The molecule has 1 rings (SSSR count). The monoisotopic (exact) mass is 107 g/mol. The number of nitrogen functional groups attached to an aromatic ring is 1. The summed E-state index contributed by atoms with van der Waals surface area (Å²) in [4.78, 5) is 3.90. The van der Waals surface area contributed by atoms with E-state index in [0.717, 1.165) is 5.69 Å². The minimum absolute atomic E-state index is 0.650. The van der Waals surface area contributed by atoms with Crippen LogP contribution >= 0.6 is 0 Å². The van der Waals surface area contributed by atoms with Crippen molar-refractivity contribution in [2.75, 3.05) is 5.73 Å². The van der Waals surface area contributed by atoms with Gasteiger partial charge in [-0.3, -0.25) is 4.98 Å². The highest BCUT2D eigenvalue weighted by atomic mass is 14.7. The molecule has 0 aliphatic heterocycles. The van der Waals surface area contributed by atoms with Crippen molar-refractivity contribution in [1.82, 2.24) is 4.98 Å². The fraction of sp³-hybridized carbons (Fsp3) is 0.167. The predicted molar refractivity (Wildman–Crippen MR) is 32.2 cm³/mol. The first-order valence-electron chi connectivity index (χ1n) is 2.39. The van der Waals surface area contributed by atoms with E-state index in [4.69, 9.17) is 5.73 Å². The van der Waals surface area contributed by atoms with Crippen LogP contribution in [-0.4, -0.2) is 4.98 Å². The van der Waals surface area contributed by atoms with Gasteiger partial charge in [-0.1, -0.05) is 0 Å². The zero-order chi connectivity index (χ0) is 5.98. The van der Waals surface area contributed by atoms with Crippen molar-refractivity contribution in [3.63, 3.8) is 0 Å². The third kappa shape index (κ3) is 0.964. The van der Waals surface area contributed by atoms with Crippen LogP contribution in [0.1, 0.15) is 5.69 Å². The molecule has 1 aromatic heterocycles. The molecule has 1 aromatic rings. The lowest BCUT2D eigenvalue weighted by Gasteiger charge is -1.89. The summed E-state index contributed by atoms with van der Waals surface area (Å²) in [7, 11) is 0. The Labute approximate surface area is 48.4 Å². The third-order valence-electron chi connectivity index (χ3n) is 0.864. The van der Waals surface area contributed by atoms with Crippen molar-refractivity contribution in [2.45, 2.75) is 6.92 Å². The van der Waals surface area contributed by atoms with Crippen LogP contribution < -0.4 is 5.73 Å². The zero-order valence-corrected chi connectivity index (χ0v) is 4.68. The molecule has 0 saturated heterocycles. The average Bonchev–Trinajstić information content (AvgIpc) is 1.64. The van der Waals surface area contributed by atoms with Crippen LogP contribution in [0.3, 0.4) is 0 Å². The smallest absolute Gasteiger partial charge is 0.0428 e.